The fourth-order valence-corrected chi connectivity index (χ4v) is 5.91. The van der Waals surface area contributed by atoms with Crippen molar-refractivity contribution in [2.75, 3.05) is 0 Å². The van der Waals surface area contributed by atoms with E-state index >= 15 is 0 Å². The van der Waals surface area contributed by atoms with Crippen LogP contribution in [0, 0.1) is 11.8 Å². The minimum absolute atomic E-state index is 0.301. The smallest absolute Gasteiger partial charge is 0.160 e. The number of allylic oxidation sites excluding steroid dienone is 2. The topological polar surface area (TPSA) is 30.0 Å². The van der Waals surface area contributed by atoms with Crippen molar-refractivity contribution in [1.29, 1.82) is 0 Å². The second kappa shape index (κ2) is 6.21. The summed E-state index contributed by atoms with van der Waals surface area (Å²) in [5, 5.41) is 0. The van der Waals surface area contributed by atoms with Crippen LogP contribution in [0.3, 0.4) is 0 Å². The lowest BCUT2D eigenvalue weighted by Crippen LogP contribution is -2.41. The third-order valence-corrected chi connectivity index (χ3v) is 7.20. The van der Waals surface area contributed by atoms with E-state index < -0.39 is 0 Å². The summed E-state index contributed by atoms with van der Waals surface area (Å²) >= 11 is 1.72. The Morgan fingerprint density at radius 2 is 2.00 bits per heavy atom. The van der Waals surface area contributed by atoms with E-state index in [9.17, 15) is 4.79 Å². The highest BCUT2D eigenvalue weighted by Gasteiger charge is 2.48. The zero-order valence-corrected chi connectivity index (χ0v) is 16.0. The van der Waals surface area contributed by atoms with Gasteiger partial charge in [0.1, 0.15) is 0 Å². The van der Waals surface area contributed by atoms with E-state index in [1.807, 2.05) is 5.51 Å². The van der Waals surface area contributed by atoms with Crippen LogP contribution in [0.25, 0.3) is 0 Å². The van der Waals surface area contributed by atoms with E-state index in [0.717, 1.165) is 24.8 Å². The Labute approximate surface area is 154 Å². The first-order valence-electron chi connectivity index (χ1n) is 9.32. The van der Waals surface area contributed by atoms with Crippen LogP contribution in [0.1, 0.15) is 56.2 Å². The zero-order chi connectivity index (χ0) is 17.6. The van der Waals surface area contributed by atoms with Crippen LogP contribution in [0.15, 0.2) is 47.0 Å². The highest BCUT2D eigenvalue weighted by Crippen LogP contribution is 2.53. The number of ketones is 1. The van der Waals surface area contributed by atoms with Gasteiger partial charge >= 0.3 is 0 Å². The maximum absolute atomic E-state index is 13.3. The Balaban J connectivity index is 1.96. The lowest BCUT2D eigenvalue weighted by Gasteiger charge is -2.43. The molecule has 0 spiro atoms. The molecule has 4 rings (SSSR count). The van der Waals surface area contributed by atoms with Crippen LogP contribution in [0.5, 0.6) is 0 Å². The van der Waals surface area contributed by atoms with E-state index in [4.69, 9.17) is 0 Å². The van der Waals surface area contributed by atoms with Crippen LogP contribution in [-0.4, -0.2) is 10.8 Å². The molecule has 2 aromatic rings. The molecule has 2 aliphatic rings. The Kier molecular flexibility index (Phi) is 4.15. The van der Waals surface area contributed by atoms with Gasteiger partial charge in [-0.15, -0.1) is 11.3 Å². The SMILES string of the molecule is CC[C@]1(c2ccccc2)C2=C(Cc3ncsc31)CC(C(C)C)CC2=O. The number of carbonyl (C=O) groups excluding carboxylic acids is 1. The molecule has 2 nitrogen and oxygen atoms in total. The van der Waals surface area contributed by atoms with Crippen molar-refractivity contribution in [3.05, 3.63) is 63.1 Å². The number of aromatic nitrogens is 1. The van der Waals surface area contributed by atoms with Gasteiger partial charge in [0.2, 0.25) is 0 Å². The largest absolute Gasteiger partial charge is 0.294 e. The summed E-state index contributed by atoms with van der Waals surface area (Å²) < 4.78 is 0. The zero-order valence-electron chi connectivity index (χ0n) is 15.2. The maximum Gasteiger partial charge on any atom is 0.160 e. The molecule has 0 radical (unpaired) electrons. The highest BCUT2D eigenvalue weighted by molar-refractivity contribution is 7.10. The second-order valence-corrected chi connectivity index (χ2v) is 8.60. The predicted molar refractivity (Wildman–Crippen MR) is 103 cm³/mol. The molecule has 2 aliphatic carbocycles. The quantitative estimate of drug-likeness (QED) is 0.748. The number of nitrogens with zero attached hydrogens (tertiary/aromatic N) is 1. The molecule has 0 amide bonds. The summed E-state index contributed by atoms with van der Waals surface area (Å²) in [5.41, 5.74) is 6.53. The number of carbonyl (C=O) groups is 1. The minimum atomic E-state index is -0.301. The standard InChI is InChI=1S/C22H25NOS/c1-4-22(17-8-6-5-7-9-17)20-16(11-18-21(22)25-13-23-18)10-15(14(2)3)12-19(20)24/h5-9,13-15H,4,10-12H2,1-3H3/t15?,22-/m0/s1. The molecular weight excluding hydrogens is 326 g/mol. The summed E-state index contributed by atoms with van der Waals surface area (Å²) in [7, 11) is 0. The summed E-state index contributed by atoms with van der Waals surface area (Å²) in [6.45, 7) is 6.70. The Morgan fingerprint density at radius 3 is 2.68 bits per heavy atom. The van der Waals surface area contributed by atoms with E-state index in [-0.39, 0.29) is 5.41 Å². The van der Waals surface area contributed by atoms with Crippen molar-refractivity contribution in [3.63, 3.8) is 0 Å². The van der Waals surface area contributed by atoms with Crippen LogP contribution >= 0.6 is 11.3 Å². The number of fused-ring (bicyclic) bond motifs is 1. The number of hydrogen-bond donors (Lipinski definition) is 0. The summed E-state index contributed by atoms with van der Waals surface area (Å²) in [4.78, 5) is 19.3. The van der Waals surface area contributed by atoms with E-state index in [1.165, 1.54) is 21.7 Å². The number of thiazole rings is 1. The number of rotatable bonds is 3. The first-order valence-corrected chi connectivity index (χ1v) is 10.2. The molecule has 25 heavy (non-hydrogen) atoms. The highest BCUT2D eigenvalue weighted by atomic mass is 32.1. The van der Waals surface area contributed by atoms with Crippen molar-refractivity contribution >= 4 is 17.1 Å². The van der Waals surface area contributed by atoms with Gasteiger partial charge in [-0.25, -0.2) is 4.98 Å². The number of benzene rings is 1. The van der Waals surface area contributed by atoms with Crippen LogP contribution in [0.2, 0.25) is 0 Å². The third kappa shape index (κ3) is 2.43. The molecule has 130 valence electrons. The summed E-state index contributed by atoms with van der Waals surface area (Å²) in [5.74, 6) is 1.38. The molecule has 0 saturated heterocycles. The van der Waals surface area contributed by atoms with Gasteiger partial charge < -0.3 is 0 Å². The lowest BCUT2D eigenvalue weighted by molar-refractivity contribution is -0.118. The van der Waals surface area contributed by atoms with Crippen molar-refractivity contribution in [1.82, 2.24) is 4.98 Å². The second-order valence-electron chi connectivity index (χ2n) is 7.74. The van der Waals surface area contributed by atoms with Crippen molar-refractivity contribution in [3.8, 4) is 0 Å². The van der Waals surface area contributed by atoms with Gasteiger partial charge in [0.15, 0.2) is 5.78 Å². The van der Waals surface area contributed by atoms with E-state index in [0.29, 0.717) is 24.0 Å². The molecule has 1 aromatic carbocycles. The Hall–Kier alpha value is -1.74. The van der Waals surface area contributed by atoms with Crippen molar-refractivity contribution < 1.29 is 4.79 Å². The summed E-state index contributed by atoms with van der Waals surface area (Å²) in [6, 6.07) is 10.6. The van der Waals surface area contributed by atoms with Gasteiger partial charge in [-0.2, -0.15) is 0 Å². The average Bonchev–Trinajstić information content (AvgIpc) is 3.09. The lowest BCUT2D eigenvalue weighted by atomic mass is 9.60. The monoisotopic (exact) mass is 351 g/mol. The van der Waals surface area contributed by atoms with Crippen molar-refractivity contribution in [2.24, 2.45) is 11.8 Å². The molecule has 3 heteroatoms. The maximum atomic E-state index is 13.3. The van der Waals surface area contributed by atoms with Crippen LogP contribution in [0.4, 0.5) is 0 Å². The predicted octanol–water partition coefficient (Wildman–Crippen LogP) is 5.33. The molecule has 0 bridgehead atoms. The minimum Gasteiger partial charge on any atom is -0.294 e. The Morgan fingerprint density at radius 1 is 1.24 bits per heavy atom. The van der Waals surface area contributed by atoms with Gasteiger partial charge in [0.25, 0.3) is 0 Å². The van der Waals surface area contributed by atoms with Gasteiger partial charge in [-0.3, -0.25) is 4.79 Å². The van der Waals surface area contributed by atoms with Crippen LogP contribution in [-0.2, 0) is 16.6 Å². The van der Waals surface area contributed by atoms with Crippen molar-refractivity contribution in [2.45, 2.75) is 51.9 Å². The first-order chi connectivity index (χ1) is 12.1. The summed E-state index contributed by atoms with van der Waals surface area (Å²) in [6.07, 6.45) is 3.50. The molecule has 0 saturated carbocycles. The van der Waals surface area contributed by atoms with E-state index in [2.05, 4.69) is 56.1 Å². The van der Waals surface area contributed by atoms with Crippen LogP contribution < -0.4 is 0 Å². The molecule has 0 aliphatic heterocycles. The first kappa shape index (κ1) is 16.7. The fourth-order valence-electron chi connectivity index (χ4n) is 4.80. The molecule has 1 unspecified atom stereocenters. The molecule has 1 aromatic heterocycles. The van der Waals surface area contributed by atoms with Gasteiger partial charge in [-0.05, 0) is 30.2 Å². The fraction of sp³-hybridized carbons (Fsp3) is 0.455. The molecule has 2 atom stereocenters. The molecule has 0 fully saturated rings. The molecule has 0 N–H and O–H groups in total. The third-order valence-electron chi connectivity index (χ3n) is 6.16. The normalized spacial score (nSPS) is 25.9. The molecular formula is C22H25NOS. The molecule has 1 heterocycles. The number of hydrogen-bond acceptors (Lipinski definition) is 3. The van der Waals surface area contributed by atoms with Gasteiger partial charge in [-0.1, -0.05) is 56.7 Å². The van der Waals surface area contributed by atoms with E-state index in [1.54, 1.807) is 11.3 Å². The average molecular weight is 352 g/mol. The Bertz CT molecular complexity index is 833. The van der Waals surface area contributed by atoms with Gasteiger partial charge in [0, 0.05) is 23.3 Å². The number of Topliss-reactive ketones (excluding diaryl/α,β-unsaturated/α-hetero) is 1. The van der Waals surface area contributed by atoms with Gasteiger partial charge in [0.05, 0.1) is 16.6 Å².